The summed E-state index contributed by atoms with van der Waals surface area (Å²) in [7, 11) is 5.12. The molecule has 66 valence electrons. The molecule has 11 heavy (non-hydrogen) atoms. The molecular formula is C6H15N3O2. The maximum Gasteiger partial charge on any atom is 0.253 e. The Kier molecular flexibility index (Phi) is 4.76. The van der Waals surface area contributed by atoms with Crippen molar-refractivity contribution in [1.82, 2.24) is 10.3 Å². The standard InChI is InChI=1S/C6H15N3O2/c1-9(2)5(4-11-3)6(10)8-7/h5H,4,7H2,1-3H3,(H,8,10). The number of nitrogens with zero attached hydrogens (tertiary/aromatic N) is 1. The number of rotatable bonds is 4. The smallest absolute Gasteiger partial charge is 0.253 e. The van der Waals surface area contributed by atoms with Crippen LogP contribution in [0, 0.1) is 0 Å². The first-order valence-corrected chi connectivity index (χ1v) is 3.29. The van der Waals surface area contributed by atoms with Crippen LogP contribution in [-0.4, -0.2) is 44.7 Å². The molecule has 0 aromatic heterocycles. The van der Waals surface area contributed by atoms with E-state index in [2.05, 4.69) is 5.43 Å². The second-order valence-corrected chi connectivity index (χ2v) is 2.44. The second kappa shape index (κ2) is 5.06. The SMILES string of the molecule is COCC(C(=O)NN)N(C)C. The van der Waals surface area contributed by atoms with Gasteiger partial charge in [0.2, 0.25) is 0 Å². The molecule has 5 nitrogen and oxygen atoms in total. The van der Waals surface area contributed by atoms with Crippen molar-refractivity contribution < 1.29 is 9.53 Å². The van der Waals surface area contributed by atoms with Gasteiger partial charge in [0.25, 0.3) is 5.91 Å². The number of carbonyl (C=O) groups is 1. The molecule has 0 aromatic rings. The Labute approximate surface area is 66.5 Å². The number of nitrogens with two attached hydrogens (primary N) is 1. The lowest BCUT2D eigenvalue weighted by molar-refractivity contribution is -0.127. The number of hydrogen-bond donors (Lipinski definition) is 2. The van der Waals surface area contributed by atoms with Gasteiger partial charge in [0.1, 0.15) is 6.04 Å². The highest BCUT2D eigenvalue weighted by molar-refractivity contribution is 5.81. The molecule has 1 atom stereocenters. The highest BCUT2D eigenvalue weighted by Gasteiger charge is 2.18. The third-order valence-corrected chi connectivity index (χ3v) is 1.39. The summed E-state index contributed by atoms with van der Waals surface area (Å²) in [5, 5.41) is 0. The predicted octanol–water partition coefficient (Wildman–Crippen LogP) is -1.45. The number of likely N-dealkylation sites (N-methyl/N-ethyl adjacent to an activating group) is 1. The summed E-state index contributed by atoms with van der Waals surface area (Å²) in [6.07, 6.45) is 0. The minimum atomic E-state index is -0.315. The van der Waals surface area contributed by atoms with Crippen LogP contribution in [0.4, 0.5) is 0 Å². The monoisotopic (exact) mass is 161 g/mol. The minimum absolute atomic E-state index is 0.239. The zero-order chi connectivity index (χ0) is 8.85. The lowest BCUT2D eigenvalue weighted by Gasteiger charge is -2.20. The van der Waals surface area contributed by atoms with E-state index in [-0.39, 0.29) is 11.9 Å². The van der Waals surface area contributed by atoms with E-state index < -0.39 is 0 Å². The summed E-state index contributed by atoms with van der Waals surface area (Å²) in [5.41, 5.74) is 2.07. The van der Waals surface area contributed by atoms with Crippen LogP contribution in [0.2, 0.25) is 0 Å². The largest absolute Gasteiger partial charge is 0.383 e. The van der Waals surface area contributed by atoms with Crippen LogP contribution in [0.15, 0.2) is 0 Å². The molecule has 0 aliphatic rings. The minimum Gasteiger partial charge on any atom is -0.383 e. The fraction of sp³-hybridized carbons (Fsp3) is 0.833. The first-order valence-electron chi connectivity index (χ1n) is 3.29. The van der Waals surface area contributed by atoms with E-state index >= 15 is 0 Å². The number of hydrogen-bond acceptors (Lipinski definition) is 4. The van der Waals surface area contributed by atoms with Gasteiger partial charge in [-0.1, -0.05) is 0 Å². The van der Waals surface area contributed by atoms with Crippen LogP contribution in [0.5, 0.6) is 0 Å². The van der Waals surface area contributed by atoms with Crippen molar-refractivity contribution in [2.45, 2.75) is 6.04 Å². The van der Waals surface area contributed by atoms with Gasteiger partial charge < -0.3 is 4.74 Å². The molecule has 5 heteroatoms. The molecular weight excluding hydrogens is 146 g/mol. The lowest BCUT2D eigenvalue weighted by atomic mass is 10.3. The van der Waals surface area contributed by atoms with Gasteiger partial charge in [-0.15, -0.1) is 0 Å². The number of carbonyl (C=O) groups excluding carboxylic acids is 1. The normalized spacial score (nSPS) is 13.2. The Hall–Kier alpha value is -0.650. The third kappa shape index (κ3) is 3.31. The molecule has 0 saturated heterocycles. The van der Waals surface area contributed by atoms with Crippen molar-refractivity contribution in [3.8, 4) is 0 Å². The maximum atomic E-state index is 11.0. The Morgan fingerprint density at radius 3 is 2.55 bits per heavy atom. The molecule has 0 saturated carbocycles. The van der Waals surface area contributed by atoms with Crippen LogP contribution >= 0.6 is 0 Å². The lowest BCUT2D eigenvalue weighted by Crippen LogP contribution is -2.48. The molecule has 0 bridgehead atoms. The van der Waals surface area contributed by atoms with Gasteiger partial charge in [-0.3, -0.25) is 15.1 Å². The molecule has 0 fully saturated rings. The average Bonchev–Trinajstić information content (AvgIpc) is 1.98. The summed E-state index contributed by atoms with van der Waals surface area (Å²) in [4.78, 5) is 12.7. The third-order valence-electron chi connectivity index (χ3n) is 1.39. The first kappa shape index (κ1) is 10.3. The van der Waals surface area contributed by atoms with Crippen LogP contribution in [-0.2, 0) is 9.53 Å². The van der Waals surface area contributed by atoms with E-state index in [1.807, 2.05) is 0 Å². The number of nitrogens with one attached hydrogen (secondary N) is 1. The van der Waals surface area contributed by atoms with Crippen LogP contribution in [0.25, 0.3) is 0 Å². The summed E-state index contributed by atoms with van der Waals surface area (Å²) in [6, 6.07) is -0.315. The quantitative estimate of drug-likeness (QED) is 0.301. The van der Waals surface area contributed by atoms with Gasteiger partial charge in [0.15, 0.2) is 0 Å². The summed E-state index contributed by atoms with van der Waals surface area (Å²) in [6.45, 7) is 0.343. The Bertz CT molecular complexity index is 127. The van der Waals surface area contributed by atoms with E-state index in [1.165, 1.54) is 0 Å². The molecule has 0 aliphatic heterocycles. The number of hydrazine groups is 1. The Balaban J connectivity index is 3.98. The van der Waals surface area contributed by atoms with Gasteiger partial charge in [-0.25, -0.2) is 5.84 Å². The van der Waals surface area contributed by atoms with Gasteiger partial charge in [0, 0.05) is 7.11 Å². The Morgan fingerprint density at radius 1 is 1.73 bits per heavy atom. The molecule has 0 heterocycles. The van der Waals surface area contributed by atoms with Crippen molar-refractivity contribution in [2.75, 3.05) is 27.8 Å². The molecule has 0 rings (SSSR count). The van der Waals surface area contributed by atoms with E-state index in [1.54, 1.807) is 26.1 Å². The second-order valence-electron chi connectivity index (χ2n) is 2.44. The molecule has 0 aromatic carbocycles. The molecule has 0 radical (unpaired) electrons. The maximum absolute atomic E-state index is 11.0. The summed E-state index contributed by atoms with van der Waals surface area (Å²) < 4.78 is 4.83. The van der Waals surface area contributed by atoms with Crippen LogP contribution in [0.1, 0.15) is 0 Å². The van der Waals surface area contributed by atoms with Crippen molar-refractivity contribution in [3.63, 3.8) is 0 Å². The zero-order valence-corrected chi connectivity index (χ0v) is 7.13. The fourth-order valence-electron chi connectivity index (χ4n) is 0.713. The zero-order valence-electron chi connectivity index (χ0n) is 7.13. The van der Waals surface area contributed by atoms with E-state index in [0.29, 0.717) is 6.61 Å². The topological polar surface area (TPSA) is 67.6 Å². The van der Waals surface area contributed by atoms with Crippen molar-refractivity contribution in [2.24, 2.45) is 5.84 Å². The number of amides is 1. The van der Waals surface area contributed by atoms with E-state index in [4.69, 9.17) is 10.6 Å². The molecule has 3 N–H and O–H groups in total. The van der Waals surface area contributed by atoms with Crippen LogP contribution in [0.3, 0.4) is 0 Å². The predicted molar refractivity (Wildman–Crippen MR) is 41.7 cm³/mol. The van der Waals surface area contributed by atoms with Gasteiger partial charge in [-0.2, -0.15) is 0 Å². The molecule has 1 amide bonds. The Morgan fingerprint density at radius 2 is 2.27 bits per heavy atom. The van der Waals surface area contributed by atoms with Gasteiger partial charge >= 0.3 is 0 Å². The average molecular weight is 161 g/mol. The molecule has 0 aliphatic carbocycles. The van der Waals surface area contributed by atoms with E-state index in [9.17, 15) is 4.79 Å². The molecule has 1 unspecified atom stereocenters. The van der Waals surface area contributed by atoms with Crippen molar-refractivity contribution in [1.29, 1.82) is 0 Å². The first-order chi connectivity index (χ1) is 5.13. The number of ether oxygens (including phenoxy) is 1. The van der Waals surface area contributed by atoms with E-state index in [0.717, 1.165) is 0 Å². The number of methoxy groups -OCH3 is 1. The highest BCUT2D eigenvalue weighted by atomic mass is 16.5. The van der Waals surface area contributed by atoms with Crippen molar-refractivity contribution in [3.05, 3.63) is 0 Å². The van der Waals surface area contributed by atoms with Crippen LogP contribution < -0.4 is 11.3 Å². The summed E-state index contributed by atoms with van der Waals surface area (Å²) in [5.74, 6) is 4.72. The molecule has 0 spiro atoms. The summed E-state index contributed by atoms with van der Waals surface area (Å²) >= 11 is 0. The fourth-order valence-corrected chi connectivity index (χ4v) is 0.713. The highest BCUT2D eigenvalue weighted by Crippen LogP contribution is 1.92. The van der Waals surface area contributed by atoms with Crippen molar-refractivity contribution >= 4 is 5.91 Å². The van der Waals surface area contributed by atoms with Gasteiger partial charge in [0.05, 0.1) is 6.61 Å². The van der Waals surface area contributed by atoms with Gasteiger partial charge in [-0.05, 0) is 14.1 Å².